The van der Waals surface area contributed by atoms with E-state index in [1.807, 2.05) is 24.3 Å². The smallest absolute Gasteiger partial charge is 0.159 e. The van der Waals surface area contributed by atoms with Crippen molar-refractivity contribution in [3.63, 3.8) is 0 Å². The summed E-state index contributed by atoms with van der Waals surface area (Å²) in [5, 5.41) is 0. The molecule has 0 spiro atoms. The fraction of sp³-hybridized carbons (Fsp3) is 0.462. The third-order valence-electron chi connectivity index (χ3n) is 2.49. The SMILES string of the molecule is COCCN(C)Cc1ccc(C(C)=O)cc1. The van der Waals surface area contributed by atoms with Crippen LogP contribution in [-0.4, -0.2) is 38.0 Å². The highest BCUT2D eigenvalue weighted by Crippen LogP contribution is 2.07. The monoisotopic (exact) mass is 221 g/mol. The lowest BCUT2D eigenvalue weighted by Gasteiger charge is -2.15. The van der Waals surface area contributed by atoms with E-state index in [1.165, 1.54) is 5.56 Å². The highest BCUT2D eigenvalue weighted by Gasteiger charge is 2.02. The number of carbonyl (C=O) groups excluding carboxylic acids is 1. The number of ether oxygens (including phenoxy) is 1. The lowest BCUT2D eigenvalue weighted by atomic mass is 10.1. The van der Waals surface area contributed by atoms with Crippen molar-refractivity contribution in [1.29, 1.82) is 0 Å². The van der Waals surface area contributed by atoms with Gasteiger partial charge in [0.25, 0.3) is 0 Å². The van der Waals surface area contributed by atoms with Crippen molar-refractivity contribution in [2.24, 2.45) is 0 Å². The summed E-state index contributed by atoms with van der Waals surface area (Å²) in [6.07, 6.45) is 0. The molecule has 0 aliphatic carbocycles. The molecule has 0 saturated carbocycles. The quantitative estimate of drug-likeness (QED) is 0.688. The second-order valence-corrected chi connectivity index (χ2v) is 3.98. The molecule has 0 amide bonds. The van der Waals surface area contributed by atoms with E-state index in [0.29, 0.717) is 0 Å². The molecule has 3 nitrogen and oxygen atoms in total. The van der Waals surface area contributed by atoms with Crippen LogP contribution in [0.15, 0.2) is 24.3 Å². The highest BCUT2D eigenvalue weighted by atomic mass is 16.5. The van der Waals surface area contributed by atoms with E-state index in [0.717, 1.165) is 25.3 Å². The van der Waals surface area contributed by atoms with Crippen molar-refractivity contribution >= 4 is 5.78 Å². The van der Waals surface area contributed by atoms with E-state index in [9.17, 15) is 4.79 Å². The Kier molecular flexibility index (Phi) is 5.15. The summed E-state index contributed by atoms with van der Waals surface area (Å²) in [5.74, 6) is 0.110. The number of hydrogen-bond donors (Lipinski definition) is 0. The number of hydrogen-bond acceptors (Lipinski definition) is 3. The zero-order chi connectivity index (χ0) is 12.0. The van der Waals surface area contributed by atoms with E-state index in [-0.39, 0.29) is 5.78 Å². The van der Waals surface area contributed by atoms with E-state index in [4.69, 9.17) is 4.74 Å². The van der Waals surface area contributed by atoms with Gasteiger partial charge in [-0.25, -0.2) is 0 Å². The van der Waals surface area contributed by atoms with Crippen LogP contribution in [0, 0.1) is 0 Å². The van der Waals surface area contributed by atoms with Crippen molar-refractivity contribution in [3.05, 3.63) is 35.4 Å². The van der Waals surface area contributed by atoms with E-state index in [2.05, 4.69) is 11.9 Å². The molecule has 0 aromatic heterocycles. The Bertz CT molecular complexity index is 332. The Morgan fingerprint density at radius 3 is 2.44 bits per heavy atom. The first-order chi connectivity index (χ1) is 7.63. The van der Waals surface area contributed by atoms with Gasteiger partial charge in [0.2, 0.25) is 0 Å². The largest absolute Gasteiger partial charge is 0.383 e. The first-order valence-electron chi connectivity index (χ1n) is 5.41. The number of carbonyl (C=O) groups is 1. The molecule has 0 heterocycles. The number of rotatable bonds is 6. The van der Waals surface area contributed by atoms with Crippen LogP contribution in [0.25, 0.3) is 0 Å². The number of ketones is 1. The Hall–Kier alpha value is -1.19. The van der Waals surface area contributed by atoms with Gasteiger partial charge in [0.1, 0.15) is 0 Å². The molecule has 3 heteroatoms. The molecule has 0 atom stereocenters. The molecule has 0 aliphatic heterocycles. The summed E-state index contributed by atoms with van der Waals surface area (Å²) in [6, 6.07) is 7.75. The molecule has 0 N–H and O–H groups in total. The van der Waals surface area contributed by atoms with Gasteiger partial charge in [-0.2, -0.15) is 0 Å². The zero-order valence-electron chi connectivity index (χ0n) is 10.2. The summed E-state index contributed by atoms with van der Waals surface area (Å²) in [4.78, 5) is 13.3. The first kappa shape index (κ1) is 12.9. The standard InChI is InChI=1S/C13H19NO2/c1-11(15)13-6-4-12(5-7-13)10-14(2)8-9-16-3/h4-7H,8-10H2,1-3H3. The van der Waals surface area contributed by atoms with Crippen LogP contribution < -0.4 is 0 Å². The number of likely N-dealkylation sites (N-methyl/N-ethyl adjacent to an activating group) is 1. The summed E-state index contributed by atoms with van der Waals surface area (Å²) < 4.78 is 5.01. The lowest BCUT2D eigenvalue weighted by Crippen LogP contribution is -2.22. The molecule has 88 valence electrons. The van der Waals surface area contributed by atoms with Gasteiger partial charge in [0.05, 0.1) is 6.61 Å². The minimum absolute atomic E-state index is 0.110. The van der Waals surface area contributed by atoms with Crippen LogP contribution >= 0.6 is 0 Å². The molecular weight excluding hydrogens is 202 g/mol. The minimum atomic E-state index is 0.110. The van der Waals surface area contributed by atoms with Crippen molar-refractivity contribution < 1.29 is 9.53 Å². The average molecular weight is 221 g/mol. The van der Waals surface area contributed by atoms with Crippen LogP contribution in [0.2, 0.25) is 0 Å². The second kappa shape index (κ2) is 6.40. The molecule has 0 saturated heterocycles. The summed E-state index contributed by atoms with van der Waals surface area (Å²) in [5.41, 5.74) is 1.98. The van der Waals surface area contributed by atoms with Crippen molar-refractivity contribution in [3.8, 4) is 0 Å². The van der Waals surface area contributed by atoms with Crippen LogP contribution in [0.1, 0.15) is 22.8 Å². The summed E-state index contributed by atoms with van der Waals surface area (Å²) in [7, 11) is 3.76. The van der Waals surface area contributed by atoms with Gasteiger partial charge < -0.3 is 4.74 Å². The third kappa shape index (κ3) is 4.13. The van der Waals surface area contributed by atoms with Gasteiger partial charge in [-0.1, -0.05) is 24.3 Å². The van der Waals surface area contributed by atoms with Crippen LogP contribution in [0.5, 0.6) is 0 Å². The fourth-order valence-corrected chi connectivity index (χ4v) is 1.48. The molecule has 0 aliphatic rings. The Morgan fingerprint density at radius 1 is 1.31 bits per heavy atom. The van der Waals surface area contributed by atoms with Gasteiger partial charge >= 0.3 is 0 Å². The molecule has 0 radical (unpaired) electrons. The van der Waals surface area contributed by atoms with Gasteiger partial charge in [0, 0.05) is 25.8 Å². The normalized spacial score (nSPS) is 10.8. The first-order valence-corrected chi connectivity index (χ1v) is 5.41. The molecular formula is C13H19NO2. The third-order valence-corrected chi connectivity index (χ3v) is 2.49. The zero-order valence-corrected chi connectivity index (χ0v) is 10.2. The van der Waals surface area contributed by atoms with Crippen LogP contribution in [0.3, 0.4) is 0 Å². The highest BCUT2D eigenvalue weighted by molar-refractivity contribution is 5.93. The Labute approximate surface area is 97.0 Å². The van der Waals surface area contributed by atoms with Gasteiger partial charge in [0.15, 0.2) is 5.78 Å². The minimum Gasteiger partial charge on any atom is -0.383 e. The van der Waals surface area contributed by atoms with Gasteiger partial charge in [-0.05, 0) is 19.5 Å². The maximum Gasteiger partial charge on any atom is 0.159 e. The van der Waals surface area contributed by atoms with E-state index >= 15 is 0 Å². The maximum absolute atomic E-state index is 11.1. The molecule has 0 bridgehead atoms. The molecule has 0 fully saturated rings. The number of Topliss-reactive ketones (excluding diaryl/α,β-unsaturated/α-hetero) is 1. The predicted molar refractivity (Wildman–Crippen MR) is 64.7 cm³/mol. The molecule has 1 rings (SSSR count). The Morgan fingerprint density at radius 2 is 1.94 bits per heavy atom. The maximum atomic E-state index is 11.1. The van der Waals surface area contributed by atoms with Crippen molar-refractivity contribution in [2.75, 3.05) is 27.3 Å². The van der Waals surface area contributed by atoms with E-state index < -0.39 is 0 Å². The average Bonchev–Trinajstić information content (AvgIpc) is 2.27. The molecule has 1 aromatic rings. The number of methoxy groups -OCH3 is 1. The summed E-state index contributed by atoms with van der Waals surface area (Å²) >= 11 is 0. The van der Waals surface area contributed by atoms with Gasteiger partial charge in [-0.15, -0.1) is 0 Å². The molecule has 1 aromatic carbocycles. The van der Waals surface area contributed by atoms with Crippen molar-refractivity contribution in [1.82, 2.24) is 4.90 Å². The fourth-order valence-electron chi connectivity index (χ4n) is 1.48. The van der Waals surface area contributed by atoms with Gasteiger partial charge in [-0.3, -0.25) is 9.69 Å². The molecule has 0 unspecified atom stereocenters. The lowest BCUT2D eigenvalue weighted by molar-refractivity contribution is 0.101. The number of nitrogens with zero attached hydrogens (tertiary/aromatic N) is 1. The topological polar surface area (TPSA) is 29.5 Å². The van der Waals surface area contributed by atoms with E-state index in [1.54, 1.807) is 14.0 Å². The van der Waals surface area contributed by atoms with Crippen LogP contribution in [0.4, 0.5) is 0 Å². The van der Waals surface area contributed by atoms with Crippen LogP contribution in [-0.2, 0) is 11.3 Å². The number of benzene rings is 1. The van der Waals surface area contributed by atoms with Crippen molar-refractivity contribution in [2.45, 2.75) is 13.5 Å². The predicted octanol–water partition coefficient (Wildman–Crippen LogP) is 1.97. The summed E-state index contributed by atoms with van der Waals surface area (Å²) in [6.45, 7) is 4.11. The Balaban J connectivity index is 2.51. The second-order valence-electron chi connectivity index (χ2n) is 3.98. The molecule has 16 heavy (non-hydrogen) atoms.